The minimum atomic E-state index is -0.518. The first-order valence-corrected chi connectivity index (χ1v) is 7.83. The zero-order valence-corrected chi connectivity index (χ0v) is 14.4. The summed E-state index contributed by atoms with van der Waals surface area (Å²) in [6.45, 7) is 0. The van der Waals surface area contributed by atoms with Crippen LogP contribution in [0.1, 0.15) is 11.5 Å². The molecule has 0 spiro atoms. The van der Waals surface area contributed by atoms with E-state index in [9.17, 15) is 4.79 Å². The highest BCUT2D eigenvalue weighted by molar-refractivity contribution is 5.98. The molecule has 8 nitrogen and oxygen atoms in total. The van der Waals surface area contributed by atoms with Gasteiger partial charge in [-0.15, -0.1) is 5.10 Å². The fourth-order valence-electron chi connectivity index (χ4n) is 2.29. The lowest BCUT2D eigenvalue weighted by Gasteiger charge is -2.09. The average Bonchev–Trinajstić information content (AvgIpc) is 3.08. The zero-order valence-electron chi connectivity index (χ0n) is 14.4. The standard InChI is InChI=1S/C18H18N4O4/c1-24-14-9-13(10-15(11-14)25-2)19-17(23)20-18-22-21-16(26-18)8-12-6-4-3-5-7-12/h3-7,9-11H,8H2,1-2H3,(H2,19,20,22,23). The van der Waals surface area contributed by atoms with Gasteiger partial charge in [0.25, 0.3) is 0 Å². The maximum atomic E-state index is 12.1. The fraction of sp³-hybridized carbons (Fsp3) is 0.167. The van der Waals surface area contributed by atoms with E-state index in [0.717, 1.165) is 5.56 Å². The number of aromatic nitrogens is 2. The van der Waals surface area contributed by atoms with Crippen molar-refractivity contribution in [3.8, 4) is 11.5 Å². The molecule has 3 aromatic rings. The summed E-state index contributed by atoms with van der Waals surface area (Å²) in [5.41, 5.74) is 1.54. The lowest BCUT2D eigenvalue weighted by molar-refractivity contribution is 0.261. The van der Waals surface area contributed by atoms with Crippen LogP contribution in [0.3, 0.4) is 0 Å². The second-order valence-corrected chi connectivity index (χ2v) is 5.34. The van der Waals surface area contributed by atoms with Crippen molar-refractivity contribution in [3.05, 3.63) is 60.0 Å². The van der Waals surface area contributed by atoms with E-state index in [1.54, 1.807) is 18.2 Å². The van der Waals surface area contributed by atoms with Gasteiger partial charge in [-0.3, -0.25) is 5.32 Å². The number of urea groups is 1. The number of hydrogen-bond acceptors (Lipinski definition) is 6. The molecule has 2 amide bonds. The predicted molar refractivity (Wildman–Crippen MR) is 95.7 cm³/mol. The van der Waals surface area contributed by atoms with Gasteiger partial charge in [-0.25, -0.2) is 4.79 Å². The third kappa shape index (κ3) is 4.50. The maximum Gasteiger partial charge on any atom is 0.327 e. The van der Waals surface area contributed by atoms with E-state index in [4.69, 9.17) is 13.9 Å². The fourth-order valence-corrected chi connectivity index (χ4v) is 2.29. The van der Waals surface area contributed by atoms with Crippen LogP contribution in [-0.4, -0.2) is 30.4 Å². The van der Waals surface area contributed by atoms with Crippen LogP contribution < -0.4 is 20.1 Å². The topological polar surface area (TPSA) is 98.5 Å². The van der Waals surface area contributed by atoms with Crippen LogP contribution in [0.25, 0.3) is 0 Å². The molecule has 134 valence electrons. The van der Waals surface area contributed by atoms with E-state index in [1.807, 2.05) is 30.3 Å². The van der Waals surface area contributed by atoms with Gasteiger partial charge >= 0.3 is 12.0 Å². The maximum absolute atomic E-state index is 12.1. The highest BCUT2D eigenvalue weighted by atomic mass is 16.5. The van der Waals surface area contributed by atoms with E-state index in [1.165, 1.54) is 14.2 Å². The van der Waals surface area contributed by atoms with Crippen LogP contribution >= 0.6 is 0 Å². The van der Waals surface area contributed by atoms with Gasteiger partial charge in [-0.2, -0.15) is 0 Å². The van der Waals surface area contributed by atoms with Gasteiger partial charge in [0, 0.05) is 23.9 Å². The number of ether oxygens (including phenoxy) is 2. The van der Waals surface area contributed by atoms with Crippen LogP contribution in [0.4, 0.5) is 16.5 Å². The number of rotatable bonds is 6. The molecule has 0 aliphatic rings. The van der Waals surface area contributed by atoms with Crippen LogP contribution in [-0.2, 0) is 6.42 Å². The van der Waals surface area contributed by atoms with Crippen molar-refractivity contribution < 1.29 is 18.7 Å². The summed E-state index contributed by atoms with van der Waals surface area (Å²) in [6.07, 6.45) is 0.490. The largest absolute Gasteiger partial charge is 0.497 e. The average molecular weight is 354 g/mol. The minimum absolute atomic E-state index is 0.0169. The molecule has 1 heterocycles. The quantitative estimate of drug-likeness (QED) is 0.704. The van der Waals surface area contributed by atoms with Crippen molar-refractivity contribution in [1.29, 1.82) is 0 Å². The molecule has 0 aliphatic carbocycles. The summed E-state index contributed by atoms with van der Waals surface area (Å²) in [7, 11) is 3.07. The van der Waals surface area contributed by atoms with Crippen molar-refractivity contribution in [2.75, 3.05) is 24.9 Å². The van der Waals surface area contributed by atoms with Crippen molar-refractivity contribution in [2.45, 2.75) is 6.42 Å². The number of anilines is 2. The highest BCUT2D eigenvalue weighted by Gasteiger charge is 2.11. The first-order valence-electron chi connectivity index (χ1n) is 7.83. The number of amides is 2. The first-order chi connectivity index (χ1) is 12.7. The second kappa shape index (κ2) is 8.02. The molecule has 0 fully saturated rings. The van der Waals surface area contributed by atoms with E-state index in [2.05, 4.69) is 20.8 Å². The monoisotopic (exact) mass is 354 g/mol. The highest BCUT2D eigenvalue weighted by Crippen LogP contribution is 2.25. The summed E-state index contributed by atoms with van der Waals surface area (Å²) in [6, 6.07) is 14.2. The Bertz CT molecular complexity index is 858. The third-order valence-electron chi connectivity index (χ3n) is 3.49. The Labute approximate surface area is 150 Å². The van der Waals surface area contributed by atoms with Gasteiger partial charge in [0.05, 0.1) is 20.6 Å². The molecule has 1 aromatic heterocycles. The molecule has 2 N–H and O–H groups in total. The normalized spacial score (nSPS) is 10.2. The van der Waals surface area contributed by atoms with Gasteiger partial charge in [0.1, 0.15) is 11.5 Å². The van der Waals surface area contributed by atoms with Crippen LogP contribution in [0.2, 0.25) is 0 Å². The Morgan fingerprint density at radius 3 is 2.35 bits per heavy atom. The van der Waals surface area contributed by atoms with E-state index in [-0.39, 0.29) is 6.01 Å². The van der Waals surface area contributed by atoms with E-state index < -0.39 is 6.03 Å². The van der Waals surface area contributed by atoms with Crippen molar-refractivity contribution in [3.63, 3.8) is 0 Å². The van der Waals surface area contributed by atoms with Crippen LogP contribution in [0, 0.1) is 0 Å². The van der Waals surface area contributed by atoms with Crippen LogP contribution in [0.15, 0.2) is 52.9 Å². The Morgan fingerprint density at radius 2 is 1.69 bits per heavy atom. The molecule has 0 aliphatic heterocycles. The third-order valence-corrected chi connectivity index (χ3v) is 3.49. The van der Waals surface area contributed by atoms with Gasteiger partial charge in [-0.1, -0.05) is 35.4 Å². The predicted octanol–water partition coefficient (Wildman–Crippen LogP) is 3.32. The summed E-state index contributed by atoms with van der Waals surface area (Å²) in [5.74, 6) is 1.53. The number of carbonyl (C=O) groups excluding carboxylic acids is 1. The van der Waals surface area contributed by atoms with E-state index >= 15 is 0 Å². The van der Waals surface area contributed by atoms with Gasteiger partial charge in [-0.05, 0) is 5.56 Å². The number of hydrogen-bond donors (Lipinski definition) is 2. The summed E-state index contributed by atoms with van der Waals surface area (Å²) < 4.78 is 15.8. The Kier molecular flexibility index (Phi) is 5.33. The summed E-state index contributed by atoms with van der Waals surface area (Å²) in [4.78, 5) is 12.1. The Balaban J connectivity index is 1.62. The first kappa shape index (κ1) is 17.3. The number of nitrogens with one attached hydrogen (secondary N) is 2. The Hall–Kier alpha value is -3.55. The smallest absolute Gasteiger partial charge is 0.327 e. The van der Waals surface area contributed by atoms with Crippen molar-refractivity contribution in [1.82, 2.24) is 10.2 Å². The zero-order chi connectivity index (χ0) is 18.4. The summed E-state index contributed by atoms with van der Waals surface area (Å²) >= 11 is 0. The molecule has 0 radical (unpaired) electrons. The van der Waals surface area contributed by atoms with Crippen LogP contribution in [0.5, 0.6) is 11.5 Å². The molecule has 8 heteroatoms. The number of nitrogens with zero attached hydrogens (tertiary/aromatic N) is 2. The molecule has 2 aromatic carbocycles. The molecule has 3 rings (SSSR count). The number of carbonyl (C=O) groups is 1. The van der Waals surface area contributed by atoms with Gasteiger partial charge in [0.15, 0.2) is 0 Å². The van der Waals surface area contributed by atoms with Gasteiger partial charge in [0.2, 0.25) is 5.89 Å². The number of methoxy groups -OCH3 is 2. The second-order valence-electron chi connectivity index (χ2n) is 5.34. The lowest BCUT2D eigenvalue weighted by atomic mass is 10.2. The molecule has 0 saturated carbocycles. The molecule has 26 heavy (non-hydrogen) atoms. The molecular formula is C18H18N4O4. The molecule has 0 bridgehead atoms. The number of benzene rings is 2. The van der Waals surface area contributed by atoms with Crippen molar-refractivity contribution >= 4 is 17.7 Å². The van der Waals surface area contributed by atoms with Crippen molar-refractivity contribution in [2.24, 2.45) is 0 Å². The molecular weight excluding hydrogens is 336 g/mol. The lowest BCUT2D eigenvalue weighted by Crippen LogP contribution is -2.19. The van der Waals surface area contributed by atoms with Gasteiger partial charge < -0.3 is 19.2 Å². The summed E-state index contributed by atoms with van der Waals surface area (Å²) in [5, 5.41) is 12.9. The Morgan fingerprint density at radius 1 is 1.00 bits per heavy atom. The molecule has 0 atom stereocenters. The molecule has 0 saturated heterocycles. The molecule has 0 unspecified atom stereocenters. The minimum Gasteiger partial charge on any atom is -0.497 e. The van der Waals surface area contributed by atoms with E-state index in [0.29, 0.717) is 29.5 Å². The SMILES string of the molecule is COc1cc(NC(=O)Nc2nnc(Cc3ccccc3)o2)cc(OC)c1.